The molecule has 1 aromatic carbocycles. The average molecular weight is 333 g/mol. The van der Waals surface area contributed by atoms with Crippen molar-refractivity contribution in [1.29, 1.82) is 0 Å². The van der Waals surface area contributed by atoms with E-state index in [1.165, 1.54) is 21.3 Å². The molecule has 2 aromatic rings. The first-order valence-electron chi connectivity index (χ1n) is 7.48. The van der Waals surface area contributed by atoms with Crippen LogP contribution in [0.15, 0.2) is 18.2 Å². The van der Waals surface area contributed by atoms with Crippen LogP contribution in [0.4, 0.5) is 5.69 Å². The molecule has 1 aliphatic rings. The fourth-order valence-corrected chi connectivity index (χ4v) is 2.53. The van der Waals surface area contributed by atoms with Gasteiger partial charge in [0, 0.05) is 36.9 Å². The molecule has 8 heteroatoms. The zero-order chi connectivity index (χ0) is 17.1. The van der Waals surface area contributed by atoms with Gasteiger partial charge in [-0.2, -0.15) is 5.10 Å². The molecule has 2 heterocycles. The third-order valence-corrected chi connectivity index (χ3v) is 3.66. The molecule has 0 bridgehead atoms. The Bertz CT molecular complexity index is 708. The Hall–Kier alpha value is -2.90. The minimum atomic E-state index is -0.338. The molecule has 3 rings (SSSR count). The highest BCUT2D eigenvalue weighted by atomic mass is 16.5. The average Bonchev–Trinajstić information content (AvgIpc) is 3.05. The van der Waals surface area contributed by atoms with Crippen LogP contribution in [0, 0.1) is 0 Å². The van der Waals surface area contributed by atoms with Crippen LogP contribution in [0.2, 0.25) is 0 Å². The van der Waals surface area contributed by atoms with Crippen LogP contribution in [0.3, 0.4) is 0 Å². The molecular weight excluding hydrogens is 314 g/mol. The lowest BCUT2D eigenvalue weighted by Crippen LogP contribution is -2.16. The Kier molecular flexibility index (Phi) is 4.45. The Balaban J connectivity index is 1.85. The van der Waals surface area contributed by atoms with E-state index >= 15 is 0 Å². The molecule has 128 valence electrons. The number of hydrogen-bond acceptors (Lipinski definition) is 6. The van der Waals surface area contributed by atoms with Crippen LogP contribution in [0.1, 0.15) is 16.9 Å². The summed E-state index contributed by atoms with van der Waals surface area (Å²) in [6.07, 6.45) is 0.878. The molecule has 0 atom stereocenters. The molecule has 8 nitrogen and oxygen atoms in total. The topological polar surface area (TPSA) is 83.8 Å². The van der Waals surface area contributed by atoms with E-state index in [0.29, 0.717) is 41.1 Å². The van der Waals surface area contributed by atoms with Gasteiger partial charge < -0.3 is 24.3 Å². The zero-order valence-electron chi connectivity index (χ0n) is 13.8. The Morgan fingerprint density at radius 3 is 2.46 bits per heavy atom. The maximum Gasteiger partial charge on any atom is 0.276 e. The number of aryl methyl sites for hydroxylation is 1. The molecule has 1 aromatic heterocycles. The minimum Gasteiger partial charge on any atom is -0.493 e. The van der Waals surface area contributed by atoms with Crippen LogP contribution < -0.4 is 24.3 Å². The molecule has 0 radical (unpaired) electrons. The fourth-order valence-electron chi connectivity index (χ4n) is 2.53. The van der Waals surface area contributed by atoms with Gasteiger partial charge >= 0.3 is 0 Å². The predicted molar refractivity (Wildman–Crippen MR) is 86.4 cm³/mol. The predicted octanol–water partition coefficient (Wildman–Crippen LogP) is 1.94. The molecule has 24 heavy (non-hydrogen) atoms. The number of nitrogens with one attached hydrogen (secondary N) is 1. The molecular formula is C16H19N3O5. The number of anilines is 1. The van der Waals surface area contributed by atoms with E-state index in [1.54, 1.807) is 22.9 Å². The lowest BCUT2D eigenvalue weighted by molar-refractivity contribution is 0.102. The lowest BCUT2D eigenvalue weighted by atomic mass is 10.2. The van der Waals surface area contributed by atoms with E-state index in [4.69, 9.17) is 18.9 Å². The smallest absolute Gasteiger partial charge is 0.276 e. The standard InChI is InChI=1S/C16H19N3O5/c1-21-12-7-10(8-13(22-2)15(12)23-3)17-16(20)11-9-14-19(18-11)5-4-6-24-14/h7-9H,4-6H2,1-3H3,(H,17,20). The quantitative estimate of drug-likeness (QED) is 0.900. The highest BCUT2D eigenvalue weighted by Crippen LogP contribution is 2.40. The summed E-state index contributed by atoms with van der Waals surface area (Å²) in [6, 6.07) is 4.95. The van der Waals surface area contributed by atoms with Gasteiger partial charge in [-0.15, -0.1) is 0 Å². The second-order valence-corrected chi connectivity index (χ2v) is 5.16. The van der Waals surface area contributed by atoms with E-state index in [0.717, 1.165) is 13.0 Å². The molecule has 1 N–H and O–H groups in total. The highest BCUT2D eigenvalue weighted by molar-refractivity contribution is 6.03. The molecule has 0 saturated heterocycles. The van der Waals surface area contributed by atoms with Gasteiger partial charge in [0.15, 0.2) is 17.2 Å². The number of carbonyl (C=O) groups excluding carboxylic acids is 1. The largest absolute Gasteiger partial charge is 0.493 e. The second kappa shape index (κ2) is 6.69. The van der Waals surface area contributed by atoms with Crippen LogP contribution in [0.25, 0.3) is 0 Å². The van der Waals surface area contributed by atoms with Crippen molar-refractivity contribution >= 4 is 11.6 Å². The highest BCUT2D eigenvalue weighted by Gasteiger charge is 2.19. The fraction of sp³-hybridized carbons (Fsp3) is 0.375. The van der Waals surface area contributed by atoms with Crippen molar-refractivity contribution in [2.45, 2.75) is 13.0 Å². The van der Waals surface area contributed by atoms with Gasteiger partial charge in [-0.1, -0.05) is 0 Å². The van der Waals surface area contributed by atoms with E-state index in [2.05, 4.69) is 10.4 Å². The summed E-state index contributed by atoms with van der Waals surface area (Å²) < 4.78 is 23.0. The SMILES string of the molecule is COc1cc(NC(=O)c2cc3n(n2)CCCO3)cc(OC)c1OC. The van der Waals surface area contributed by atoms with E-state index in [-0.39, 0.29) is 5.91 Å². The van der Waals surface area contributed by atoms with Crippen LogP contribution in [-0.4, -0.2) is 43.6 Å². The van der Waals surface area contributed by atoms with Gasteiger partial charge in [-0.25, -0.2) is 4.68 Å². The van der Waals surface area contributed by atoms with Gasteiger partial charge in [0.1, 0.15) is 0 Å². The van der Waals surface area contributed by atoms with Crippen LogP contribution >= 0.6 is 0 Å². The third-order valence-electron chi connectivity index (χ3n) is 3.66. The van der Waals surface area contributed by atoms with Gasteiger partial charge in [0.2, 0.25) is 11.6 Å². The summed E-state index contributed by atoms with van der Waals surface area (Å²) in [6.45, 7) is 1.38. The lowest BCUT2D eigenvalue weighted by Gasteiger charge is -2.14. The first-order valence-corrected chi connectivity index (χ1v) is 7.48. The summed E-state index contributed by atoms with van der Waals surface area (Å²) in [4.78, 5) is 12.4. The molecule has 0 spiro atoms. The summed E-state index contributed by atoms with van der Waals surface area (Å²) in [7, 11) is 4.56. The molecule has 1 aliphatic heterocycles. The Labute approximate surface area is 139 Å². The van der Waals surface area contributed by atoms with Crippen molar-refractivity contribution in [2.24, 2.45) is 0 Å². The summed E-state index contributed by atoms with van der Waals surface area (Å²) in [5.74, 6) is 1.65. The summed E-state index contributed by atoms with van der Waals surface area (Å²) >= 11 is 0. The minimum absolute atomic E-state index is 0.292. The van der Waals surface area contributed by atoms with Gasteiger partial charge in [0.25, 0.3) is 5.91 Å². The number of carbonyl (C=O) groups is 1. The van der Waals surface area contributed by atoms with Crippen LogP contribution in [-0.2, 0) is 6.54 Å². The normalized spacial score (nSPS) is 12.8. The van der Waals surface area contributed by atoms with Crippen molar-refractivity contribution in [3.8, 4) is 23.1 Å². The number of methoxy groups -OCH3 is 3. The van der Waals surface area contributed by atoms with Gasteiger partial charge in [-0.3, -0.25) is 4.79 Å². The first-order chi connectivity index (χ1) is 11.7. The molecule has 0 fully saturated rings. The van der Waals surface area contributed by atoms with Crippen molar-refractivity contribution in [1.82, 2.24) is 9.78 Å². The van der Waals surface area contributed by atoms with E-state index in [9.17, 15) is 4.79 Å². The van der Waals surface area contributed by atoms with Crippen molar-refractivity contribution in [3.05, 3.63) is 23.9 Å². The van der Waals surface area contributed by atoms with Crippen molar-refractivity contribution in [3.63, 3.8) is 0 Å². The number of aromatic nitrogens is 2. The number of rotatable bonds is 5. The maximum atomic E-state index is 12.4. The molecule has 1 amide bonds. The number of fused-ring (bicyclic) bond motifs is 1. The first kappa shape index (κ1) is 16.0. The number of hydrogen-bond donors (Lipinski definition) is 1. The number of benzene rings is 1. The van der Waals surface area contributed by atoms with E-state index < -0.39 is 0 Å². The second-order valence-electron chi connectivity index (χ2n) is 5.16. The van der Waals surface area contributed by atoms with Gasteiger partial charge in [-0.05, 0) is 0 Å². The number of amides is 1. The van der Waals surface area contributed by atoms with Gasteiger partial charge in [0.05, 0.1) is 27.9 Å². The number of nitrogens with zero attached hydrogens (tertiary/aromatic N) is 2. The van der Waals surface area contributed by atoms with Crippen molar-refractivity contribution < 1.29 is 23.7 Å². The van der Waals surface area contributed by atoms with Crippen LogP contribution in [0.5, 0.6) is 23.1 Å². The summed E-state index contributed by atoms with van der Waals surface area (Å²) in [5.41, 5.74) is 0.807. The van der Waals surface area contributed by atoms with Crippen molar-refractivity contribution in [2.75, 3.05) is 33.3 Å². The maximum absolute atomic E-state index is 12.4. The summed E-state index contributed by atoms with van der Waals surface area (Å²) in [5, 5.41) is 7.04. The molecule has 0 aliphatic carbocycles. The molecule has 0 saturated carbocycles. The molecule has 0 unspecified atom stereocenters. The zero-order valence-corrected chi connectivity index (χ0v) is 13.8. The van der Waals surface area contributed by atoms with E-state index in [1.807, 2.05) is 0 Å². The monoisotopic (exact) mass is 333 g/mol. The Morgan fingerprint density at radius 1 is 1.17 bits per heavy atom. The Morgan fingerprint density at radius 2 is 1.88 bits per heavy atom. The third kappa shape index (κ3) is 2.94. The number of ether oxygens (including phenoxy) is 4.